The van der Waals surface area contributed by atoms with Crippen molar-refractivity contribution in [1.82, 2.24) is 0 Å². The smallest absolute Gasteiger partial charge is 0.171 e. The Morgan fingerprint density at radius 3 is 2.67 bits per heavy atom. The number of rotatable bonds is 4. The summed E-state index contributed by atoms with van der Waals surface area (Å²) in [7, 11) is 0. The lowest BCUT2D eigenvalue weighted by molar-refractivity contribution is 0.153. The Kier molecular flexibility index (Phi) is 3.67. The summed E-state index contributed by atoms with van der Waals surface area (Å²) < 4.78 is 24.2. The third-order valence-electron chi connectivity index (χ3n) is 2.69. The van der Waals surface area contributed by atoms with Gasteiger partial charge in [-0.05, 0) is 49.7 Å². The largest absolute Gasteiger partial charge is 0.481 e. The standard InChI is InChI=1S/C14H16FNO2/c1-9-8-11(5-6-12(9)15)18-14(10(2)16)13-4-3-7-17-13/h3-8,10,14H,16H2,1-2H3. The number of nitrogens with two attached hydrogens (primary N) is 1. The van der Waals surface area contributed by atoms with Crippen molar-refractivity contribution < 1.29 is 13.5 Å². The molecule has 0 amide bonds. The average molecular weight is 249 g/mol. The van der Waals surface area contributed by atoms with E-state index in [1.807, 2.05) is 13.0 Å². The highest BCUT2D eigenvalue weighted by Gasteiger charge is 2.21. The van der Waals surface area contributed by atoms with E-state index in [4.69, 9.17) is 14.9 Å². The molecule has 1 heterocycles. The summed E-state index contributed by atoms with van der Waals surface area (Å²) in [5, 5.41) is 0. The first-order valence-electron chi connectivity index (χ1n) is 5.79. The predicted molar refractivity (Wildman–Crippen MR) is 66.9 cm³/mol. The number of hydrogen-bond donors (Lipinski definition) is 1. The highest BCUT2D eigenvalue weighted by Crippen LogP contribution is 2.25. The van der Waals surface area contributed by atoms with Crippen LogP contribution in [0.3, 0.4) is 0 Å². The van der Waals surface area contributed by atoms with Crippen molar-refractivity contribution >= 4 is 0 Å². The lowest BCUT2D eigenvalue weighted by Crippen LogP contribution is -2.28. The summed E-state index contributed by atoms with van der Waals surface area (Å²) in [6, 6.07) is 7.97. The van der Waals surface area contributed by atoms with Crippen molar-refractivity contribution in [2.45, 2.75) is 26.0 Å². The van der Waals surface area contributed by atoms with Crippen molar-refractivity contribution in [1.29, 1.82) is 0 Å². The highest BCUT2D eigenvalue weighted by atomic mass is 19.1. The van der Waals surface area contributed by atoms with Crippen LogP contribution < -0.4 is 10.5 Å². The Morgan fingerprint density at radius 1 is 1.33 bits per heavy atom. The molecule has 1 aromatic heterocycles. The molecular weight excluding hydrogens is 233 g/mol. The van der Waals surface area contributed by atoms with Gasteiger partial charge in [0.2, 0.25) is 0 Å². The van der Waals surface area contributed by atoms with E-state index in [-0.39, 0.29) is 18.0 Å². The summed E-state index contributed by atoms with van der Waals surface area (Å²) in [5.74, 6) is 0.984. The van der Waals surface area contributed by atoms with Crippen LogP contribution in [0.25, 0.3) is 0 Å². The molecule has 0 radical (unpaired) electrons. The molecule has 1 aromatic carbocycles. The van der Waals surface area contributed by atoms with Crippen LogP contribution in [0, 0.1) is 12.7 Å². The summed E-state index contributed by atoms with van der Waals surface area (Å²) >= 11 is 0. The number of ether oxygens (including phenoxy) is 1. The van der Waals surface area contributed by atoms with Crippen LogP contribution in [0.15, 0.2) is 41.0 Å². The van der Waals surface area contributed by atoms with Crippen LogP contribution in [0.1, 0.15) is 24.4 Å². The van der Waals surface area contributed by atoms with Crippen LogP contribution in [0.4, 0.5) is 4.39 Å². The van der Waals surface area contributed by atoms with Gasteiger partial charge >= 0.3 is 0 Å². The maximum atomic E-state index is 13.2. The minimum atomic E-state index is -0.384. The molecule has 0 aliphatic heterocycles. The van der Waals surface area contributed by atoms with E-state index >= 15 is 0 Å². The van der Waals surface area contributed by atoms with Crippen molar-refractivity contribution in [3.05, 3.63) is 53.7 Å². The normalized spacial score (nSPS) is 14.2. The van der Waals surface area contributed by atoms with E-state index < -0.39 is 0 Å². The fourth-order valence-electron chi connectivity index (χ4n) is 1.71. The van der Waals surface area contributed by atoms with Crippen molar-refractivity contribution in [2.75, 3.05) is 0 Å². The van der Waals surface area contributed by atoms with Crippen molar-refractivity contribution in [2.24, 2.45) is 5.73 Å². The van der Waals surface area contributed by atoms with Gasteiger partial charge in [0, 0.05) is 6.04 Å². The minimum absolute atomic E-state index is 0.235. The average Bonchev–Trinajstić information content (AvgIpc) is 2.83. The van der Waals surface area contributed by atoms with Gasteiger partial charge in [-0.15, -0.1) is 0 Å². The molecule has 0 saturated carbocycles. The van der Waals surface area contributed by atoms with Crippen LogP contribution in [-0.4, -0.2) is 6.04 Å². The molecule has 4 heteroatoms. The number of hydrogen-bond acceptors (Lipinski definition) is 3. The molecule has 2 N–H and O–H groups in total. The Morgan fingerprint density at radius 2 is 2.11 bits per heavy atom. The highest BCUT2D eigenvalue weighted by molar-refractivity contribution is 5.29. The molecule has 0 aliphatic rings. The van der Waals surface area contributed by atoms with Gasteiger partial charge in [-0.3, -0.25) is 0 Å². The second kappa shape index (κ2) is 5.23. The number of benzene rings is 1. The van der Waals surface area contributed by atoms with E-state index in [0.29, 0.717) is 17.1 Å². The molecule has 0 aliphatic carbocycles. The van der Waals surface area contributed by atoms with Crippen molar-refractivity contribution in [3.63, 3.8) is 0 Å². The molecule has 3 nitrogen and oxygen atoms in total. The number of furan rings is 1. The maximum Gasteiger partial charge on any atom is 0.171 e. The van der Waals surface area contributed by atoms with E-state index in [1.54, 1.807) is 31.4 Å². The van der Waals surface area contributed by atoms with Crippen LogP contribution in [-0.2, 0) is 0 Å². The first-order chi connectivity index (χ1) is 8.58. The van der Waals surface area contributed by atoms with Gasteiger partial charge in [0.05, 0.1) is 6.26 Å². The zero-order chi connectivity index (χ0) is 13.1. The monoisotopic (exact) mass is 249 g/mol. The Bertz CT molecular complexity index is 509. The summed E-state index contributed by atoms with van der Waals surface area (Å²) in [6.45, 7) is 3.53. The second-order valence-electron chi connectivity index (χ2n) is 4.32. The third-order valence-corrected chi connectivity index (χ3v) is 2.69. The minimum Gasteiger partial charge on any atom is -0.481 e. The predicted octanol–water partition coefficient (Wildman–Crippen LogP) is 3.19. The van der Waals surface area contributed by atoms with E-state index in [2.05, 4.69) is 0 Å². The third kappa shape index (κ3) is 2.71. The topological polar surface area (TPSA) is 48.4 Å². The zero-order valence-electron chi connectivity index (χ0n) is 10.4. The lowest BCUT2D eigenvalue weighted by atomic mass is 10.1. The Balaban J connectivity index is 2.21. The van der Waals surface area contributed by atoms with E-state index in [9.17, 15) is 4.39 Å². The van der Waals surface area contributed by atoms with E-state index in [0.717, 1.165) is 0 Å². The fourth-order valence-corrected chi connectivity index (χ4v) is 1.71. The second-order valence-corrected chi connectivity index (χ2v) is 4.32. The summed E-state index contributed by atoms with van der Waals surface area (Å²) in [5.41, 5.74) is 6.42. The molecule has 0 spiro atoms. The van der Waals surface area contributed by atoms with Crippen LogP contribution in [0.2, 0.25) is 0 Å². The van der Waals surface area contributed by atoms with Gasteiger partial charge in [-0.25, -0.2) is 4.39 Å². The quantitative estimate of drug-likeness (QED) is 0.905. The summed E-state index contributed by atoms with van der Waals surface area (Å²) in [4.78, 5) is 0. The molecule has 0 fully saturated rings. The van der Waals surface area contributed by atoms with Gasteiger partial charge in [0.25, 0.3) is 0 Å². The molecule has 0 saturated heterocycles. The lowest BCUT2D eigenvalue weighted by Gasteiger charge is -2.20. The molecule has 2 aromatic rings. The molecular formula is C14H16FNO2. The van der Waals surface area contributed by atoms with Gasteiger partial charge < -0.3 is 14.9 Å². The van der Waals surface area contributed by atoms with Crippen molar-refractivity contribution in [3.8, 4) is 5.75 Å². The molecule has 2 atom stereocenters. The Hall–Kier alpha value is -1.81. The number of halogens is 1. The van der Waals surface area contributed by atoms with Crippen LogP contribution in [0.5, 0.6) is 5.75 Å². The first-order valence-corrected chi connectivity index (χ1v) is 5.79. The van der Waals surface area contributed by atoms with Gasteiger partial charge in [0.1, 0.15) is 17.3 Å². The summed E-state index contributed by atoms with van der Waals surface area (Å²) in [6.07, 6.45) is 1.19. The van der Waals surface area contributed by atoms with Gasteiger partial charge in [0.15, 0.2) is 6.10 Å². The van der Waals surface area contributed by atoms with E-state index in [1.165, 1.54) is 6.07 Å². The van der Waals surface area contributed by atoms with Crippen LogP contribution >= 0.6 is 0 Å². The molecule has 2 unspecified atom stereocenters. The molecule has 0 bridgehead atoms. The van der Waals surface area contributed by atoms with Gasteiger partial charge in [-0.1, -0.05) is 0 Å². The fraction of sp³-hybridized carbons (Fsp3) is 0.286. The number of aryl methyl sites for hydroxylation is 1. The Labute approximate surface area is 105 Å². The molecule has 96 valence electrons. The SMILES string of the molecule is Cc1cc(OC(c2ccco2)C(C)N)ccc1F. The molecule has 2 rings (SSSR count). The molecule has 18 heavy (non-hydrogen) atoms. The first kappa shape index (κ1) is 12.6. The van der Waals surface area contributed by atoms with Gasteiger partial charge in [-0.2, -0.15) is 0 Å². The maximum absolute atomic E-state index is 13.2. The zero-order valence-corrected chi connectivity index (χ0v) is 10.4.